The molecule has 4 heteroatoms. The Morgan fingerprint density at radius 1 is 1.27 bits per heavy atom. The van der Waals surface area contributed by atoms with Crippen molar-refractivity contribution in [1.82, 2.24) is 0 Å². The highest BCUT2D eigenvalue weighted by atomic mass is 19.4. The summed E-state index contributed by atoms with van der Waals surface area (Å²) in [7, 11) is 1.02. The number of allylic oxidation sites excluding steroid dienone is 2. The minimum atomic E-state index is -4.41. The number of ether oxygens (including phenoxy) is 1. The zero-order valence-corrected chi connectivity index (χ0v) is 8.21. The molecule has 0 amide bonds. The monoisotopic (exact) mass is 216 g/mol. The summed E-state index contributed by atoms with van der Waals surface area (Å²) in [6, 6.07) is 8.90. The van der Waals surface area contributed by atoms with Crippen LogP contribution in [0.5, 0.6) is 0 Å². The summed E-state index contributed by atoms with van der Waals surface area (Å²) >= 11 is 0. The van der Waals surface area contributed by atoms with Gasteiger partial charge < -0.3 is 4.74 Å². The van der Waals surface area contributed by atoms with E-state index in [9.17, 15) is 13.2 Å². The molecule has 0 saturated carbocycles. The average molecular weight is 216 g/mol. The molecule has 0 bridgehead atoms. The molecule has 0 aliphatic heterocycles. The van der Waals surface area contributed by atoms with Gasteiger partial charge in [0.2, 0.25) is 0 Å². The fraction of sp³-hybridized carbons (Fsp3) is 0.273. The maximum absolute atomic E-state index is 12.2. The van der Waals surface area contributed by atoms with Crippen molar-refractivity contribution in [2.75, 3.05) is 7.11 Å². The fourth-order valence-corrected chi connectivity index (χ4v) is 1.14. The van der Waals surface area contributed by atoms with Gasteiger partial charge in [-0.3, -0.25) is 0 Å². The number of rotatable bonds is 3. The lowest BCUT2D eigenvalue weighted by molar-refractivity contribution is -0.126. The van der Waals surface area contributed by atoms with Crippen molar-refractivity contribution in [2.45, 2.75) is 12.6 Å². The predicted molar refractivity (Wildman–Crippen MR) is 51.3 cm³/mol. The lowest BCUT2D eigenvalue weighted by Gasteiger charge is -2.09. The average Bonchev–Trinajstić information content (AvgIpc) is 2.18. The maximum atomic E-state index is 12.2. The number of hydrogen-bond acceptors (Lipinski definition) is 1. The first-order chi connectivity index (χ1) is 7.04. The molecular weight excluding hydrogens is 205 g/mol. The van der Waals surface area contributed by atoms with Gasteiger partial charge in [-0.25, -0.2) is 0 Å². The highest BCUT2D eigenvalue weighted by molar-refractivity contribution is 5.19. The molecule has 0 saturated heterocycles. The second kappa shape index (κ2) is 4.87. The molecule has 0 atom stereocenters. The lowest BCUT2D eigenvalue weighted by Crippen LogP contribution is -2.13. The summed E-state index contributed by atoms with van der Waals surface area (Å²) in [6.45, 7) is 0. The molecule has 0 N–H and O–H groups in total. The van der Waals surface area contributed by atoms with Crippen molar-refractivity contribution in [3.8, 4) is 0 Å². The summed E-state index contributed by atoms with van der Waals surface area (Å²) in [5.41, 5.74) is 0.816. The summed E-state index contributed by atoms with van der Waals surface area (Å²) in [5.74, 6) is -0.952. The van der Waals surface area contributed by atoms with Gasteiger partial charge in [-0.15, -0.1) is 0 Å². The first kappa shape index (κ1) is 11.6. The Bertz CT molecular complexity index is 327. The summed E-state index contributed by atoms with van der Waals surface area (Å²) in [5, 5.41) is 0. The minimum absolute atomic E-state index is 0.212. The second-order valence-corrected chi connectivity index (χ2v) is 2.96. The highest BCUT2D eigenvalue weighted by Crippen LogP contribution is 2.26. The molecule has 0 unspecified atom stereocenters. The maximum Gasteiger partial charge on any atom is 0.448 e. The van der Waals surface area contributed by atoms with Crippen LogP contribution in [0.4, 0.5) is 13.2 Å². The Kier molecular flexibility index (Phi) is 3.77. The summed E-state index contributed by atoms with van der Waals surface area (Å²) in [4.78, 5) is 0. The molecular formula is C11H11F3O. The first-order valence-corrected chi connectivity index (χ1v) is 4.39. The number of halogens is 3. The SMILES string of the molecule is CO/C(=C\Cc1ccccc1)C(F)(F)F. The number of benzene rings is 1. The van der Waals surface area contributed by atoms with E-state index < -0.39 is 11.9 Å². The van der Waals surface area contributed by atoms with Crippen molar-refractivity contribution in [2.24, 2.45) is 0 Å². The molecule has 0 fully saturated rings. The van der Waals surface area contributed by atoms with Gasteiger partial charge in [0.15, 0.2) is 5.76 Å². The van der Waals surface area contributed by atoms with Gasteiger partial charge in [0.25, 0.3) is 0 Å². The zero-order chi connectivity index (χ0) is 11.3. The van der Waals surface area contributed by atoms with Gasteiger partial charge >= 0.3 is 6.18 Å². The molecule has 82 valence electrons. The van der Waals surface area contributed by atoms with Crippen LogP contribution in [-0.4, -0.2) is 13.3 Å². The van der Waals surface area contributed by atoms with Crippen LogP contribution in [-0.2, 0) is 11.2 Å². The molecule has 1 aromatic rings. The van der Waals surface area contributed by atoms with E-state index in [0.29, 0.717) is 0 Å². The molecule has 0 aliphatic rings. The quantitative estimate of drug-likeness (QED) is 0.704. The van der Waals surface area contributed by atoms with E-state index in [1.807, 2.05) is 6.07 Å². The molecule has 0 radical (unpaired) electrons. The third kappa shape index (κ3) is 3.65. The summed E-state index contributed by atoms with van der Waals surface area (Å²) < 4.78 is 41.0. The van der Waals surface area contributed by atoms with Gasteiger partial charge in [0, 0.05) is 0 Å². The van der Waals surface area contributed by atoms with Crippen molar-refractivity contribution >= 4 is 0 Å². The molecule has 1 rings (SSSR count). The summed E-state index contributed by atoms with van der Waals surface area (Å²) in [6.07, 6.45) is -3.16. The van der Waals surface area contributed by atoms with Crippen molar-refractivity contribution < 1.29 is 17.9 Å². The zero-order valence-electron chi connectivity index (χ0n) is 8.21. The van der Waals surface area contributed by atoms with Crippen LogP contribution >= 0.6 is 0 Å². The third-order valence-corrected chi connectivity index (χ3v) is 1.87. The Labute approximate surface area is 86.2 Å². The number of methoxy groups -OCH3 is 1. The van der Waals surface area contributed by atoms with Crippen molar-refractivity contribution in [1.29, 1.82) is 0 Å². The minimum Gasteiger partial charge on any atom is -0.492 e. The van der Waals surface area contributed by atoms with Crippen molar-refractivity contribution in [3.63, 3.8) is 0 Å². The largest absolute Gasteiger partial charge is 0.492 e. The van der Waals surface area contributed by atoms with Crippen LogP contribution in [0.2, 0.25) is 0 Å². The molecule has 0 heterocycles. The normalized spacial score (nSPS) is 12.7. The van der Waals surface area contributed by atoms with Crippen LogP contribution in [0.3, 0.4) is 0 Å². The van der Waals surface area contributed by atoms with Crippen LogP contribution in [0.15, 0.2) is 42.2 Å². The Hall–Kier alpha value is -1.45. The third-order valence-electron chi connectivity index (χ3n) is 1.87. The number of alkyl halides is 3. The molecule has 0 aliphatic carbocycles. The molecule has 15 heavy (non-hydrogen) atoms. The molecule has 0 aromatic heterocycles. The van der Waals surface area contributed by atoms with Gasteiger partial charge in [0.1, 0.15) is 0 Å². The van der Waals surface area contributed by atoms with Gasteiger partial charge in [0.05, 0.1) is 7.11 Å². The van der Waals surface area contributed by atoms with Crippen LogP contribution in [0, 0.1) is 0 Å². The van der Waals surface area contributed by atoms with Gasteiger partial charge in [-0.2, -0.15) is 13.2 Å². The van der Waals surface area contributed by atoms with Gasteiger partial charge in [-0.1, -0.05) is 30.3 Å². The van der Waals surface area contributed by atoms with E-state index in [2.05, 4.69) is 4.74 Å². The van der Waals surface area contributed by atoms with Crippen LogP contribution in [0.1, 0.15) is 5.56 Å². The van der Waals surface area contributed by atoms with Crippen LogP contribution in [0.25, 0.3) is 0 Å². The predicted octanol–water partition coefficient (Wildman–Crippen LogP) is 3.32. The van der Waals surface area contributed by atoms with Crippen LogP contribution < -0.4 is 0 Å². The molecule has 0 spiro atoms. The Morgan fingerprint density at radius 3 is 2.33 bits per heavy atom. The van der Waals surface area contributed by atoms with E-state index in [4.69, 9.17) is 0 Å². The van der Waals surface area contributed by atoms with E-state index in [1.54, 1.807) is 24.3 Å². The van der Waals surface area contributed by atoms with E-state index in [0.717, 1.165) is 18.7 Å². The standard InChI is InChI=1S/C11H11F3O/c1-15-10(11(12,13)14)8-7-9-5-3-2-4-6-9/h2-6,8H,7H2,1H3/b10-8-. The van der Waals surface area contributed by atoms with Gasteiger partial charge in [-0.05, 0) is 18.1 Å². The van der Waals surface area contributed by atoms with E-state index in [-0.39, 0.29) is 6.42 Å². The fourth-order valence-electron chi connectivity index (χ4n) is 1.14. The second-order valence-electron chi connectivity index (χ2n) is 2.96. The number of hydrogen-bond donors (Lipinski definition) is 0. The smallest absolute Gasteiger partial charge is 0.448 e. The molecule has 1 aromatic carbocycles. The van der Waals surface area contributed by atoms with Crippen molar-refractivity contribution in [3.05, 3.63) is 47.7 Å². The molecule has 1 nitrogen and oxygen atoms in total. The Morgan fingerprint density at radius 2 is 1.87 bits per heavy atom. The topological polar surface area (TPSA) is 9.23 Å². The van der Waals surface area contributed by atoms with E-state index in [1.165, 1.54) is 0 Å². The van der Waals surface area contributed by atoms with E-state index >= 15 is 0 Å². The highest BCUT2D eigenvalue weighted by Gasteiger charge is 2.34. The first-order valence-electron chi connectivity index (χ1n) is 4.39. The Balaban J connectivity index is 2.72. The lowest BCUT2D eigenvalue weighted by atomic mass is 10.1.